The van der Waals surface area contributed by atoms with Crippen LogP contribution in [-0.2, 0) is 19.4 Å². The van der Waals surface area contributed by atoms with Crippen LogP contribution in [0.25, 0.3) is 0 Å². The molecule has 2 heteroatoms. The molecule has 0 N–H and O–H groups in total. The summed E-state index contributed by atoms with van der Waals surface area (Å²) in [5.74, 6) is 0. The summed E-state index contributed by atoms with van der Waals surface area (Å²) in [6.07, 6.45) is 2.27. The number of hydrogen-bond donors (Lipinski definition) is 0. The van der Waals surface area contributed by atoms with Gasteiger partial charge in [0.25, 0.3) is 0 Å². The molecule has 0 radical (unpaired) electrons. The number of rotatable bonds is 3. The van der Waals surface area contributed by atoms with Gasteiger partial charge in [-0.15, -0.1) is 0 Å². The third-order valence-electron chi connectivity index (χ3n) is 4.08. The van der Waals surface area contributed by atoms with Crippen molar-refractivity contribution in [1.29, 1.82) is 0 Å². The second kappa shape index (κ2) is 5.99. The molecule has 0 saturated heterocycles. The zero-order chi connectivity index (χ0) is 13.9. The number of hydrogen-bond acceptors (Lipinski definition) is 1. The Morgan fingerprint density at radius 2 is 1.85 bits per heavy atom. The molecule has 0 aliphatic carbocycles. The molecule has 0 fully saturated rings. The third-order valence-corrected chi connectivity index (χ3v) is 4.34. The third kappa shape index (κ3) is 3.23. The maximum Gasteiger partial charge on any atom is 0.0406 e. The highest BCUT2D eigenvalue weighted by Gasteiger charge is 2.15. The van der Waals surface area contributed by atoms with Crippen LogP contribution in [0.4, 0.5) is 0 Å². The quantitative estimate of drug-likeness (QED) is 0.815. The van der Waals surface area contributed by atoms with Gasteiger partial charge < -0.3 is 0 Å². The van der Waals surface area contributed by atoms with Gasteiger partial charge in [-0.05, 0) is 48.6 Å². The molecule has 0 amide bonds. The maximum atomic E-state index is 5.92. The van der Waals surface area contributed by atoms with Crippen LogP contribution in [0.15, 0.2) is 42.5 Å². The van der Waals surface area contributed by atoms with Gasteiger partial charge in [-0.25, -0.2) is 0 Å². The molecule has 1 aliphatic rings. The first-order valence-corrected chi connectivity index (χ1v) is 7.64. The molecule has 2 aromatic rings. The zero-order valence-electron chi connectivity index (χ0n) is 11.9. The minimum Gasteiger partial charge on any atom is -0.298 e. The average Bonchev–Trinajstić information content (AvgIpc) is 2.46. The lowest BCUT2D eigenvalue weighted by Crippen LogP contribution is -2.32. The largest absolute Gasteiger partial charge is 0.298 e. The van der Waals surface area contributed by atoms with E-state index >= 15 is 0 Å². The Kier molecular flexibility index (Phi) is 4.09. The van der Waals surface area contributed by atoms with Crippen LogP contribution in [0.3, 0.4) is 0 Å². The summed E-state index contributed by atoms with van der Waals surface area (Å²) in [7, 11) is 0. The van der Waals surface area contributed by atoms with Crippen molar-refractivity contribution in [2.45, 2.75) is 26.3 Å². The summed E-state index contributed by atoms with van der Waals surface area (Å²) in [6, 6.07) is 15.1. The molecule has 20 heavy (non-hydrogen) atoms. The van der Waals surface area contributed by atoms with Crippen molar-refractivity contribution in [3.8, 4) is 0 Å². The van der Waals surface area contributed by atoms with Crippen molar-refractivity contribution in [2.75, 3.05) is 13.1 Å². The van der Waals surface area contributed by atoms with Crippen molar-refractivity contribution < 1.29 is 0 Å². The Morgan fingerprint density at radius 3 is 2.65 bits per heavy atom. The van der Waals surface area contributed by atoms with Crippen LogP contribution < -0.4 is 0 Å². The van der Waals surface area contributed by atoms with E-state index in [-0.39, 0.29) is 0 Å². The monoisotopic (exact) mass is 285 g/mol. The summed E-state index contributed by atoms with van der Waals surface area (Å²) >= 11 is 5.92. The predicted molar refractivity (Wildman–Crippen MR) is 85.3 cm³/mol. The number of aryl methyl sites for hydroxylation is 1. The average molecular weight is 286 g/mol. The van der Waals surface area contributed by atoms with Crippen LogP contribution >= 0.6 is 11.6 Å². The van der Waals surface area contributed by atoms with E-state index in [0.29, 0.717) is 0 Å². The number of fused-ring (bicyclic) bond motifs is 1. The molecule has 1 aliphatic heterocycles. The Bertz CT molecular complexity index is 589. The first-order valence-electron chi connectivity index (χ1n) is 7.26. The van der Waals surface area contributed by atoms with Crippen molar-refractivity contribution >= 4 is 11.6 Å². The number of nitrogens with zero attached hydrogens (tertiary/aromatic N) is 1. The van der Waals surface area contributed by atoms with Gasteiger partial charge in [0, 0.05) is 24.7 Å². The van der Waals surface area contributed by atoms with E-state index in [1.54, 1.807) is 0 Å². The fourth-order valence-corrected chi connectivity index (χ4v) is 3.00. The van der Waals surface area contributed by atoms with Crippen molar-refractivity contribution in [1.82, 2.24) is 4.90 Å². The molecule has 0 saturated carbocycles. The van der Waals surface area contributed by atoms with Gasteiger partial charge in [-0.2, -0.15) is 0 Å². The van der Waals surface area contributed by atoms with E-state index in [4.69, 9.17) is 11.6 Å². The maximum absolute atomic E-state index is 5.92. The van der Waals surface area contributed by atoms with Gasteiger partial charge in [-0.1, -0.05) is 47.5 Å². The molecule has 3 rings (SSSR count). The lowest BCUT2D eigenvalue weighted by Gasteiger charge is -2.29. The predicted octanol–water partition coefficient (Wildman–Crippen LogP) is 4.25. The van der Waals surface area contributed by atoms with Gasteiger partial charge in [0.2, 0.25) is 0 Å². The number of halogens is 1. The molecule has 0 aromatic heterocycles. The van der Waals surface area contributed by atoms with Crippen LogP contribution in [-0.4, -0.2) is 18.0 Å². The second-order valence-electron chi connectivity index (χ2n) is 5.67. The van der Waals surface area contributed by atoms with Gasteiger partial charge >= 0.3 is 0 Å². The highest BCUT2D eigenvalue weighted by Crippen LogP contribution is 2.20. The van der Waals surface area contributed by atoms with Crippen LogP contribution in [0, 0.1) is 6.92 Å². The molecule has 104 valence electrons. The summed E-state index contributed by atoms with van der Waals surface area (Å²) in [5, 5.41) is 0.816. The van der Waals surface area contributed by atoms with E-state index in [2.05, 4.69) is 42.2 Å². The molecule has 0 spiro atoms. The minimum absolute atomic E-state index is 0.816. The topological polar surface area (TPSA) is 3.24 Å². The van der Waals surface area contributed by atoms with Gasteiger partial charge in [0.1, 0.15) is 0 Å². The van der Waals surface area contributed by atoms with Gasteiger partial charge in [0.05, 0.1) is 0 Å². The standard InChI is InChI=1S/C18H20ClN/c1-14-2-5-17-13-20(11-9-16(17)12-14)10-8-15-3-6-18(19)7-4-15/h2-7,12H,8-11,13H2,1H3. The Labute approximate surface area is 126 Å². The normalized spacial score (nSPS) is 15.1. The molecule has 0 atom stereocenters. The smallest absolute Gasteiger partial charge is 0.0406 e. The lowest BCUT2D eigenvalue weighted by molar-refractivity contribution is 0.257. The first kappa shape index (κ1) is 13.7. The first-order chi connectivity index (χ1) is 9.70. The lowest BCUT2D eigenvalue weighted by atomic mass is 9.97. The van der Waals surface area contributed by atoms with E-state index < -0.39 is 0 Å². The van der Waals surface area contributed by atoms with E-state index in [1.165, 1.54) is 35.2 Å². The van der Waals surface area contributed by atoms with E-state index in [0.717, 1.165) is 24.5 Å². The molecule has 2 aromatic carbocycles. The van der Waals surface area contributed by atoms with Crippen LogP contribution in [0.1, 0.15) is 22.3 Å². The highest BCUT2D eigenvalue weighted by molar-refractivity contribution is 6.30. The molecule has 0 unspecified atom stereocenters. The molecule has 1 nitrogen and oxygen atoms in total. The van der Waals surface area contributed by atoms with Crippen molar-refractivity contribution in [3.05, 3.63) is 69.7 Å². The summed E-state index contributed by atoms with van der Waals surface area (Å²) < 4.78 is 0. The fraction of sp³-hybridized carbons (Fsp3) is 0.333. The SMILES string of the molecule is Cc1ccc2c(c1)CCN(CCc1ccc(Cl)cc1)C2. The molecular formula is C18H20ClN. The highest BCUT2D eigenvalue weighted by atomic mass is 35.5. The zero-order valence-corrected chi connectivity index (χ0v) is 12.7. The van der Waals surface area contributed by atoms with Crippen molar-refractivity contribution in [2.24, 2.45) is 0 Å². The summed E-state index contributed by atoms with van der Waals surface area (Å²) in [4.78, 5) is 2.55. The fourth-order valence-electron chi connectivity index (χ4n) is 2.87. The molecule has 0 bridgehead atoms. The number of benzene rings is 2. The van der Waals surface area contributed by atoms with Crippen LogP contribution in [0.5, 0.6) is 0 Å². The Balaban J connectivity index is 1.60. The molecule has 1 heterocycles. The second-order valence-corrected chi connectivity index (χ2v) is 6.11. The van der Waals surface area contributed by atoms with Gasteiger partial charge in [-0.3, -0.25) is 4.90 Å². The summed E-state index contributed by atoms with van der Waals surface area (Å²) in [5.41, 5.74) is 5.77. The Hall–Kier alpha value is -1.31. The van der Waals surface area contributed by atoms with E-state index in [9.17, 15) is 0 Å². The Morgan fingerprint density at radius 1 is 1.05 bits per heavy atom. The molecular weight excluding hydrogens is 266 g/mol. The minimum atomic E-state index is 0.816. The van der Waals surface area contributed by atoms with Crippen LogP contribution in [0.2, 0.25) is 5.02 Å². The summed E-state index contributed by atoms with van der Waals surface area (Å²) in [6.45, 7) is 5.55. The van der Waals surface area contributed by atoms with Crippen molar-refractivity contribution in [3.63, 3.8) is 0 Å². The van der Waals surface area contributed by atoms with Gasteiger partial charge in [0.15, 0.2) is 0 Å². The van der Waals surface area contributed by atoms with E-state index in [1.807, 2.05) is 12.1 Å².